The van der Waals surface area contributed by atoms with Gasteiger partial charge in [-0.05, 0) is 24.3 Å². The van der Waals surface area contributed by atoms with E-state index in [2.05, 4.69) is 30.8 Å². The molecular weight excluding hydrogens is 275 g/mol. The first-order chi connectivity index (χ1) is 10.2. The fourth-order valence-corrected chi connectivity index (χ4v) is 1.67. The summed E-state index contributed by atoms with van der Waals surface area (Å²) in [5, 5.41) is 6.91. The molecule has 0 aliphatic heterocycles. The summed E-state index contributed by atoms with van der Waals surface area (Å²) in [4.78, 5) is 12.3. The van der Waals surface area contributed by atoms with Gasteiger partial charge in [0.2, 0.25) is 11.9 Å². The Hall–Kier alpha value is -3.07. The average molecular weight is 286 g/mol. The molecule has 0 atom stereocenters. The Labute approximate surface area is 118 Å². The van der Waals surface area contributed by atoms with Crippen molar-refractivity contribution in [2.24, 2.45) is 5.84 Å². The highest BCUT2D eigenvalue weighted by molar-refractivity contribution is 5.54. The topological polar surface area (TPSA) is 107 Å². The van der Waals surface area contributed by atoms with Gasteiger partial charge in [0.05, 0.1) is 0 Å². The highest BCUT2D eigenvalue weighted by atomic mass is 19.1. The Morgan fingerprint density at radius 2 is 1.95 bits per heavy atom. The van der Waals surface area contributed by atoms with Crippen LogP contribution in [0.15, 0.2) is 42.7 Å². The van der Waals surface area contributed by atoms with Gasteiger partial charge < -0.3 is 5.32 Å². The monoisotopic (exact) mass is 286 g/mol. The highest BCUT2D eigenvalue weighted by Crippen LogP contribution is 2.15. The molecule has 0 bridgehead atoms. The number of hydrazine groups is 1. The zero-order valence-electron chi connectivity index (χ0n) is 10.7. The summed E-state index contributed by atoms with van der Waals surface area (Å²) in [6.45, 7) is 0. The van der Waals surface area contributed by atoms with Gasteiger partial charge in [0.15, 0.2) is 0 Å². The normalized spacial score (nSPS) is 10.4. The minimum atomic E-state index is -0.362. The molecule has 0 spiro atoms. The van der Waals surface area contributed by atoms with Gasteiger partial charge in [-0.15, -0.1) is 0 Å². The Bertz CT molecular complexity index is 743. The van der Waals surface area contributed by atoms with Crippen LogP contribution in [0.25, 0.3) is 5.95 Å². The molecule has 1 aromatic carbocycles. The molecule has 0 aliphatic rings. The summed E-state index contributed by atoms with van der Waals surface area (Å²) in [6.07, 6.45) is 3.28. The number of nitrogens with zero attached hydrogens (tertiary/aromatic N) is 5. The molecule has 8 nitrogen and oxygen atoms in total. The van der Waals surface area contributed by atoms with Crippen molar-refractivity contribution >= 4 is 17.6 Å². The number of aromatic nitrogens is 5. The minimum absolute atomic E-state index is 0.161. The van der Waals surface area contributed by atoms with Crippen LogP contribution in [0.3, 0.4) is 0 Å². The largest absolute Gasteiger partial charge is 0.324 e. The lowest BCUT2D eigenvalue weighted by Gasteiger charge is -2.08. The van der Waals surface area contributed by atoms with E-state index in [1.54, 1.807) is 30.6 Å². The number of hydrogen-bond acceptors (Lipinski definition) is 7. The van der Waals surface area contributed by atoms with Crippen LogP contribution in [0.1, 0.15) is 0 Å². The Morgan fingerprint density at radius 3 is 2.67 bits per heavy atom. The lowest BCUT2D eigenvalue weighted by Crippen LogP contribution is -2.15. The summed E-state index contributed by atoms with van der Waals surface area (Å²) < 4.78 is 14.6. The van der Waals surface area contributed by atoms with Crippen LogP contribution >= 0.6 is 0 Å². The van der Waals surface area contributed by atoms with Gasteiger partial charge in [-0.3, -0.25) is 5.43 Å². The van der Waals surface area contributed by atoms with E-state index >= 15 is 0 Å². The molecule has 0 aliphatic carbocycles. The number of benzene rings is 1. The molecule has 2 heterocycles. The van der Waals surface area contributed by atoms with Crippen LogP contribution in [0.4, 0.5) is 22.0 Å². The van der Waals surface area contributed by atoms with Crippen molar-refractivity contribution in [2.75, 3.05) is 10.7 Å². The molecule has 3 rings (SSSR count). The third-order valence-corrected chi connectivity index (χ3v) is 2.54. The van der Waals surface area contributed by atoms with Crippen molar-refractivity contribution in [2.45, 2.75) is 0 Å². The van der Waals surface area contributed by atoms with E-state index in [0.29, 0.717) is 5.69 Å². The van der Waals surface area contributed by atoms with Gasteiger partial charge >= 0.3 is 0 Å². The third-order valence-electron chi connectivity index (χ3n) is 2.54. The standard InChI is InChI=1S/C12H11FN8/c13-8-3-1-4-9(7-8)16-10-17-11(20-14)19-12(18-10)21-6-2-5-15-21/h1-7H,14H2,(H2,16,17,18,19,20). The number of halogens is 1. The maximum atomic E-state index is 13.2. The van der Waals surface area contributed by atoms with Gasteiger partial charge in [0.1, 0.15) is 5.82 Å². The van der Waals surface area contributed by atoms with E-state index in [1.165, 1.54) is 16.8 Å². The van der Waals surface area contributed by atoms with Crippen molar-refractivity contribution < 1.29 is 4.39 Å². The van der Waals surface area contributed by atoms with E-state index < -0.39 is 0 Å². The fraction of sp³-hybridized carbons (Fsp3) is 0. The van der Waals surface area contributed by atoms with E-state index in [9.17, 15) is 4.39 Å². The zero-order chi connectivity index (χ0) is 14.7. The summed E-state index contributed by atoms with van der Waals surface area (Å²) in [7, 11) is 0. The SMILES string of the molecule is NNc1nc(Nc2cccc(F)c2)nc(-n2cccn2)n1. The molecule has 0 unspecified atom stereocenters. The van der Waals surface area contributed by atoms with Crippen molar-refractivity contribution in [3.8, 4) is 5.95 Å². The number of hydrogen-bond donors (Lipinski definition) is 3. The predicted octanol–water partition coefficient (Wildman–Crippen LogP) is 1.23. The van der Waals surface area contributed by atoms with Gasteiger partial charge in [0.25, 0.3) is 5.95 Å². The molecule has 0 amide bonds. The quantitative estimate of drug-likeness (QED) is 0.489. The third kappa shape index (κ3) is 2.92. The van der Waals surface area contributed by atoms with Crippen LogP contribution in [-0.4, -0.2) is 24.7 Å². The maximum Gasteiger partial charge on any atom is 0.257 e. The fourth-order valence-electron chi connectivity index (χ4n) is 1.67. The summed E-state index contributed by atoms with van der Waals surface area (Å²) in [6, 6.07) is 7.68. The number of rotatable bonds is 4. The second-order valence-corrected chi connectivity index (χ2v) is 4.01. The lowest BCUT2D eigenvalue weighted by atomic mass is 10.3. The number of nitrogens with one attached hydrogen (secondary N) is 2. The van der Waals surface area contributed by atoms with E-state index in [-0.39, 0.29) is 23.7 Å². The molecule has 2 aromatic heterocycles. The van der Waals surface area contributed by atoms with E-state index in [0.717, 1.165) is 0 Å². The zero-order valence-corrected chi connectivity index (χ0v) is 10.7. The minimum Gasteiger partial charge on any atom is -0.324 e. The Balaban J connectivity index is 1.96. The number of nitrogens with two attached hydrogens (primary N) is 1. The van der Waals surface area contributed by atoms with Crippen molar-refractivity contribution in [1.29, 1.82) is 0 Å². The van der Waals surface area contributed by atoms with Gasteiger partial charge in [-0.25, -0.2) is 14.9 Å². The second-order valence-electron chi connectivity index (χ2n) is 4.01. The van der Waals surface area contributed by atoms with Crippen LogP contribution in [0.2, 0.25) is 0 Å². The molecule has 0 radical (unpaired) electrons. The van der Waals surface area contributed by atoms with Gasteiger partial charge in [-0.1, -0.05) is 6.07 Å². The smallest absolute Gasteiger partial charge is 0.257 e. The van der Waals surface area contributed by atoms with Crippen LogP contribution in [0, 0.1) is 5.82 Å². The molecule has 4 N–H and O–H groups in total. The van der Waals surface area contributed by atoms with Crippen LogP contribution < -0.4 is 16.6 Å². The molecule has 106 valence electrons. The first kappa shape index (κ1) is 12.9. The number of anilines is 3. The molecule has 3 aromatic rings. The molecular formula is C12H11FN8. The Morgan fingerprint density at radius 1 is 1.10 bits per heavy atom. The van der Waals surface area contributed by atoms with E-state index in [4.69, 9.17) is 5.84 Å². The predicted molar refractivity (Wildman–Crippen MR) is 74.4 cm³/mol. The van der Waals surface area contributed by atoms with E-state index in [1.807, 2.05) is 0 Å². The average Bonchev–Trinajstić information content (AvgIpc) is 3.01. The Kier molecular flexibility index (Phi) is 3.39. The number of nitrogen functional groups attached to an aromatic ring is 1. The van der Waals surface area contributed by atoms with Crippen molar-refractivity contribution in [3.05, 3.63) is 48.5 Å². The van der Waals surface area contributed by atoms with Crippen LogP contribution in [-0.2, 0) is 0 Å². The molecule has 9 heteroatoms. The lowest BCUT2D eigenvalue weighted by molar-refractivity contribution is 0.628. The second kappa shape index (κ2) is 5.51. The molecule has 0 saturated carbocycles. The first-order valence-electron chi connectivity index (χ1n) is 6.00. The molecule has 0 saturated heterocycles. The van der Waals surface area contributed by atoms with Crippen molar-refractivity contribution in [1.82, 2.24) is 24.7 Å². The summed E-state index contributed by atoms with van der Waals surface area (Å²) in [5.41, 5.74) is 2.86. The van der Waals surface area contributed by atoms with Gasteiger partial charge in [0, 0.05) is 18.1 Å². The van der Waals surface area contributed by atoms with Gasteiger partial charge in [-0.2, -0.15) is 20.1 Å². The highest BCUT2D eigenvalue weighted by Gasteiger charge is 2.08. The van der Waals surface area contributed by atoms with Crippen molar-refractivity contribution in [3.63, 3.8) is 0 Å². The molecule has 21 heavy (non-hydrogen) atoms. The maximum absolute atomic E-state index is 13.2. The first-order valence-corrected chi connectivity index (χ1v) is 6.00. The summed E-state index contributed by atoms with van der Waals surface area (Å²) >= 11 is 0. The van der Waals surface area contributed by atoms with Crippen LogP contribution in [0.5, 0.6) is 0 Å². The summed E-state index contributed by atoms with van der Waals surface area (Å²) in [5.74, 6) is 5.63. The molecule has 0 fully saturated rings.